The zero-order valence-corrected chi connectivity index (χ0v) is 19.3. The summed E-state index contributed by atoms with van der Waals surface area (Å²) < 4.78 is 1.46. The van der Waals surface area contributed by atoms with Crippen LogP contribution in [-0.2, 0) is 16.1 Å². The molecule has 1 aromatic carbocycles. The number of imide groups is 1. The Morgan fingerprint density at radius 1 is 1.20 bits per heavy atom. The number of carbonyl (C=O) groups excluding carboxylic acids is 4. The fourth-order valence-corrected chi connectivity index (χ4v) is 4.75. The van der Waals surface area contributed by atoms with Gasteiger partial charge in [-0.3, -0.25) is 29.4 Å². The lowest BCUT2D eigenvalue weighted by Crippen LogP contribution is -2.52. The molecule has 0 radical (unpaired) electrons. The fourth-order valence-electron chi connectivity index (χ4n) is 4.75. The number of nitrogens with one attached hydrogen (secondary N) is 1. The van der Waals surface area contributed by atoms with Gasteiger partial charge in [-0.2, -0.15) is 0 Å². The van der Waals surface area contributed by atoms with Crippen molar-refractivity contribution in [2.75, 3.05) is 26.2 Å². The summed E-state index contributed by atoms with van der Waals surface area (Å²) in [4.78, 5) is 55.1. The number of aromatic nitrogens is 3. The zero-order valence-electron chi connectivity index (χ0n) is 19.3. The van der Waals surface area contributed by atoms with Gasteiger partial charge in [-0.1, -0.05) is 17.2 Å². The van der Waals surface area contributed by atoms with E-state index in [1.54, 1.807) is 23.2 Å². The number of hydrogen-bond acceptors (Lipinski definition) is 7. The van der Waals surface area contributed by atoms with Crippen molar-refractivity contribution >= 4 is 23.6 Å². The Labute approximate surface area is 202 Å². The first-order valence-corrected chi connectivity index (χ1v) is 11.6. The Kier molecular flexibility index (Phi) is 5.82. The van der Waals surface area contributed by atoms with Crippen LogP contribution in [0.1, 0.15) is 46.2 Å². The quantitative estimate of drug-likeness (QED) is 0.481. The summed E-state index contributed by atoms with van der Waals surface area (Å²) in [6.07, 6.45) is 7.56. The van der Waals surface area contributed by atoms with Crippen LogP contribution >= 0.6 is 0 Å². The predicted molar refractivity (Wildman–Crippen MR) is 123 cm³/mol. The van der Waals surface area contributed by atoms with E-state index in [-0.39, 0.29) is 35.9 Å². The lowest BCUT2D eigenvalue weighted by atomic mass is 10.0. The van der Waals surface area contributed by atoms with Crippen LogP contribution in [0.25, 0.3) is 5.69 Å². The van der Waals surface area contributed by atoms with E-state index in [4.69, 9.17) is 6.42 Å². The topological polar surface area (TPSA) is 121 Å². The highest BCUT2D eigenvalue weighted by Crippen LogP contribution is 2.29. The standard InChI is InChI=1S/C24H25N7O4/c1-3-15(2)28-8-10-29(11-9-28)24(35)19-14-31(27-26-19)17-5-4-16-13-30(23(34)18(16)12-17)20-6-7-21(32)25-22(20)33/h1,4-5,12,14-15,20H,6-11,13H2,2H3,(H,25,32,33). The molecule has 2 unspecified atom stereocenters. The fraction of sp³-hybridized carbons (Fsp3) is 0.417. The van der Waals surface area contributed by atoms with Gasteiger partial charge in [-0.25, -0.2) is 4.68 Å². The highest BCUT2D eigenvalue weighted by molar-refractivity contribution is 6.05. The van der Waals surface area contributed by atoms with Crippen LogP contribution in [0.4, 0.5) is 0 Å². The van der Waals surface area contributed by atoms with Gasteiger partial charge in [0.15, 0.2) is 5.69 Å². The average molecular weight is 476 g/mol. The predicted octanol–water partition coefficient (Wildman–Crippen LogP) is -0.192. The number of nitrogens with zero attached hydrogens (tertiary/aromatic N) is 6. The molecule has 0 spiro atoms. The lowest BCUT2D eigenvalue weighted by molar-refractivity contribution is -0.136. The molecule has 11 nitrogen and oxygen atoms in total. The maximum absolute atomic E-state index is 13.1. The maximum atomic E-state index is 13.1. The molecule has 1 N–H and O–H groups in total. The summed E-state index contributed by atoms with van der Waals surface area (Å²) >= 11 is 0. The lowest BCUT2D eigenvalue weighted by Gasteiger charge is -2.36. The van der Waals surface area contributed by atoms with E-state index in [0.29, 0.717) is 50.4 Å². The van der Waals surface area contributed by atoms with Crippen molar-refractivity contribution in [1.29, 1.82) is 0 Å². The first kappa shape index (κ1) is 22.7. The summed E-state index contributed by atoms with van der Waals surface area (Å²) in [5.74, 6) is 1.47. The Balaban J connectivity index is 1.28. The van der Waals surface area contributed by atoms with Crippen molar-refractivity contribution in [1.82, 2.24) is 35.0 Å². The number of piperidine rings is 1. The first-order chi connectivity index (χ1) is 16.9. The number of amides is 4. The zero-order chi connectivity index (χ0) is 24.7. The van der Waals surface area contributed by atoms with Crippen LogP contribution in [-0.4, -0.2) is 91.6 Å². The van der Waals surface area contributed by atoms with Gasteiger partial charge in [0.25, 0.3) is 11.8 Å². The molecule has 3 aliphatic rings. The van der Waals surface area contributed by atoms with Crippen LogP contribution in [0.3, 0.4) is 0 Å². The first-order valence-electron chi connectivity index (χ1n) is 11.6. The molecule has 3 aliphatic heterocycles. The van der Waals surface area contributed by atoms with Crippen LogP contribution in [0, 0.1) is 12.3 Å². The minimum absolute atomic E-state index is 0.0292. The Morgan fingerprint density at radius 2 is 1.97 bits per heavy atom. The highest BCUT2D eigenvalue weighted by Gasteiger charge is 2.39. The van der Waals surface area contributed by atoms with Crippen LogP contribution in [0.5, 0.6) is 0 Å². The van der Waals surface area contributed by atoms with Crippen LogP contribution in [0.15, 0.2) is 24.4 Å². The van der Waals surface area contributed by atoms with Crippen LogP contribution in [0.2, 0.25) is 0 Å². The summed E-state index contributed by atoms with van der Waals surface area (Å²) in [5, 5.41) is 10.4. The van der Waals surface area contributed by atoms with Gasteiger partial charge in [0.05, 0.1) is 17.9 Å². The number of benzene rings is 1. The molecule has 5 rings (SSSR count). The molecule has 180 valence electrons. The summed E-state index contributed by atoms with van der Waals surface area (Å²) in [6, 6.07) is 4.65. The average Bonchev–Trinajstić information content (AvgIpc) is 3.48. The van der Waals surface area contributed by atoms with E-state index >= 15 is 0 Å². The van der Waals surface area contributed by atoms with Crippen molar-refractivity contribution in [3.63, 3.8) is 0 Å². The van der Waals surface area contributed by atoms with Gasteiger partial charge in [0.1, 0.15) is 6.04 Å². The van der Waals surface area contributed by atoms with E-state index in [1.807, 2.05) is 13.0 Å². The molecular weight excluding hydrogens is 450 g/mol. The third-order valence-electron chi connectivity index (χ3n) is 6.88. The van der Waals surface area contributed by atoms with Crippen molar-refractivity contribution in [2.24, 2.45) is 0 Å². The molecule has 4 heterocycles. The smallest absolute Gasteiger partial charge is 0.276 e. The van der Waals surface area contributed by atoms with E-state index in [1.165, 1.54) is 9.58 Å². The molecule has 0 saturated carbocycles. The number of piperazine rings is 1. The summed E-state index contributed by atoms with van der Waals surface area (Å²) in [6.45, 7) is 4.77. The van der Waals surface area contributed by atoms with Gasteiger partial charge < -0.3 is 9.80 Å². The number of fused-ring (bicyclic) bond motifs is 1. The molecule has 2 saturated heterocycles. The molecule has 35 heavy (non-hydrogen) atoms. The van der Waals surface area contributed by atoms with Gasteiger partial charge in [0, 0.05) is 44.7 Å². The number of carbonyl (C=O) groups is 4. The number of rotatable bonds is 4. The minimum Gasteiger partial charge on any atom is -0.335 e. The Morgan fingerprint density at radius 3 is 2.69 bits per heavy atom. The second kappa shape index (κ2) is 8.96. The monoisotopic (exact) mass is 475 g/mol. The van der Waals surface area contributed by atoms with Gasteiger partial charge in [-0.15, -0.1) is 11.5 Å². The minimum atomic E-state index is -0.671. The van der Waals surface area contributed by atoms with Crippen LogP contribution < -0.4 is 5.32 Å². The van der Waals surface area contributed by atoms with Crippen molar-refractivity contribution in [3.05, 3.63) is 41.2 Å². The van der Waals surface area contributed by atoms with Gasteiger partial charge >= 0.3 is 0 Å². The second-order valence-corrected chi connectivity index (χ2v) is 8.96. The maximum Gasteiger partial charge on any atom is 0.276 e. The second-order valence-electron chi connectivity index (χ2n) is 8.96. The normalized spacial score (nSPS) is 21.5. The number of terminal acetylenes is 1. The largest absolute Gasteiger partial charge is 0.335 e. The van der Waals surface area contributed by atoms with Crippen molar-refractivity contribution < 1.29 is 19.2 Å². The molecule has 11 heteroatoms. The van der Waals surface area contributed by atoms with E-state index in [0.717, 1.165) is 5.56 Å². The molecule has 2 aromatic rings. The Hall–Kier alpha value is -4.04. The summed E-state index contributed by atoms with van der Waals surface area (Å²) in [5.41, 5.74) is 2.06. The molecule has 1 aromatic heterocycles. The van der Waals surface area contributed by atoms with E-state index < -0.39 is 11.9 Å². The Bertz CT molecular complexity index is 1250. The molecule has 2 atom stereocenters. The van der Waals surface area contributed by atoms with E-state index in [2.05, 4.69) is 26.4 Å². The summed E-state index contributed by atoms with van der Waals surface area (Å²) in [7, 11) is 0. The van der Waals surface area contributed by atoms with Gasteiger partial charge in [-0.05, 0) is 31.0 Å². The SMILES string of the molecule is C#CC(C)N1CCN(C(=O)c2cn(-c3ccc4c(c3)C(=O)N(C3CCC(=O)NC3=O)C4)nn2)CC1. The molecular formula is C24H25N7O4. The van der Waals surface area contributed by atoms with Crippen molar-refractivity contribution in [2.45, 2.75) is 38.4 Å². The molecule has 0 aliphatic carbocycles. The van der Waals surface area contributed by atoms with Gasteiger partial charge in [0.2, 0.25) is 11.8 Å². The highest BCUT2D eigenvalue weighted by atomic mass is 16.2. The molecule has 0 bridgehead atoms. The third-order valence-corrected chi connectivity index (χ3v) is 6.88. The van der Waals surface area contributed by atoms with E-state index in [9.17, 15) is 19.2 Å². The molecule has 4 amide bonds. The number of hydrogen-bond donors (Lipinski definition) is 1. The third kappa shape index (κ3) is 4.17. The molecule has 2 fully saturated rings. The van der Waals surface area contributed by atoms with Crippen molar-refractivity contribution in [3.8, 4) is 18.0 Å².